The Hall–Kier alpha value is -1.29. The second kappa shape index (κ2) is 4.67. The smallest absolute Gasteiger partial charge is 0.171 e. The molecule has 0 atom stereocenters. The highest BCUT2D eigenvalue weighted by atomic mass is 16.5. The Bertz CT molecular complexity index is 265. The van der Waals surface area contributed by atoms with Gasteiger partial charge in [0.2, 0.25) is 0 Å². The van der Waals surface area contributed by atoms with E-state index in [1.165, 1.54) is 0 Å². The minimum atomic E-state index is 0.607. The van der Waals surface area contributed by atoms with Gasteiger partial charge in [0.1, 0.15) is 0 Å². The number of ether oxygens (including phenoxy) is 1. The highest BCUT2D eigenvalue weighted by Crippen LogP contribution is 2.22. The van der Waals surface area contributed by atoms with Crippen molar-refractivity contribution in [1.29, 1.82) is 0 Å². The third kappa shape index (κ3) is 2.32. The van der Waals surface area contributed by atoms with E-state index in [1.54, 1.807) is 13.3 Å². The van der Waals surface area contributed by atoms with Crippen LogP contribution in [0.4, 0.5) is 5.82 Å². The van der Waals surface area contributed by atoms with Crippen LogP contribution in [0.5, 0.6) is 5.75 Å². The maximum atomic E-state index is 5.45. The van der Waals surface area contributed by atoms with Crippen LogP contribution in [0.2, 0.25) is 0 Å². The lowest BCUT2D eigenvalue weighted by atomic mass is 10.4. The van der Waals surface area contributed by atoms with E-state index in [1.807, 2.05) is 24.1 Å². The zero-order valence-corrected chi connectivity index (χ0v) is 8.03. The Labute approximate surface area is 78.3 Å². The summed E-state index contributed by atoms with van der Waals surface area (Å²) in [5, 5.41) is 0. The van der Waals surface area contributed by atoms with Gasteiger partial charge in [0, 0.05) is 26.3 Å². The van der Waals surface area contributed by atoms with Crippen molar-refractivity contribution in [3.05, 3.63) is 18.3 Å². The van der Waals surface area contributed by atoms with E-state index in [2.05, 4.69) is 4.98 Å². The first-order chi connectivity index (χ1) is 6.29. The number of likely N-dealkylation sites (N-methyl/N-ethyl adjacent to an activating group) is 1. The topological polar surface area (TPSA) is 51.4 Å². The molecule has 2 N–H and O–H groups in total. The Kier molecular flexibility index (Phi) is 3.52. The standard InChI is InChI=1S/C9H15N3O/c1-12(7-5-10)9-8(13-2)4-3-6-11-9/h3-4,6H,5,7,10H2,1-2H3. The number of pyridine rings is 1. The van der Waals surface area contributed by atoms with Crippen molar-refractivity contribution in [2.45, 2.75) is 0 Å². The third-order valence-corrected chi connectivity index (χ3v) is 1.80. The Balaban J connectivity index is 2.85. The first-order valence-corrected chi connectivity index (χ1v) is 4.19. The van der Waals surface area contributed by atoms with Gasteiger partial charge in [-0.25, -0.2) is 4.98 Å². The maximum Gasteiger partial charge on any atom is 0.171 e. The van der Waals surface area contributed by atoms with E-state index in [4.69, 9.17) is 10.5 Å². The summed E-state index contributed by atoms with van der Waals surface area (Å²) in [4.78, 5) is 6.18. The molecule has 1 aromatic heterocycles. The molecule has 0 aliphatic rings. The molecular formula is C9H15N3O. The molecule has 4 nitrogen and oxygen atoms in total. The van der Waals surface area contributed by atoms with E-state index in [0.717, 1.165) is 18.1 Å². The van der Waals surface area contributed by atoms with Gasteiger partial charge in [-0.2, -0.15) is 0 Å². The number of nitrogens with two attached hydrogens (primary N) is 1. The zero-order chi connectivity index (χ0) is 9.68. The van der Waals surface area contributed by atoms with Crippen LogP contribution >= 0.6 is 0 Å². The van der Waals surface area contributed by atoms with Crippen molar-refractivity contribution in [2.24, 2.45) is 5.73 Å². The molecule has 72 valence electrons. The molecule has 0 unspecified atom stereocenters. The normalized spacial score (nSPS) is 9.77. The number of hydrogen-bond acceptors (Lipinski definition) is 4. The maximum absolute atomic E-state index is 5.45. The van der Waals surface area contributed by atoms with Crippen LogP contribution in [0.15, 0.2) is 18.3 Å². The molecule has 0 aromatic carbocycles. The SMILES string of the molecule is COc1cccnc1N(C)CCN. The molecule has 0 aliphatic carbocycles. The van der Waals surface area contributed by atoms with Gasteiger partial charge in [0.25, 0.3) is 0 Å². The summed E-state index contributed by atoms with van der Waals surface area (Å²) in [5.74, 6) is 1.61. The lowest BCUT2D eigenvalue weighted by Gasteiger charge is -2.18. The summed E-state index contributed by atoms with van der Waals surface area (Å²) in [6.45, 7) is 1.38. The number of methoxy groups -OCH3 is 1. The van der Waals surface area contributed by atoms with Gasteiger partial charge in [-0.15, -0.1) is 0 Å². The summed E-state index contributed by atoms with van der Waals surface area (Å²) >= 11 is 0. The van der Waals surface area contributed by atoms with Crippen LogP contribution in [0.3, 0.4) is 0 Å². The molecule has 0 fully saturated rings. The third-order valence-electron chi connectivity index (χ3n) is 1.80. The fourth-order valence-corrected chi connectivity index (χ4v) is 1.13. The fraction of sp³-hybridized carbons (Fsp3) is 0.444. The van der Waals surface area contributed by atoms with Gasteiger partial charge in [0.05, 0.1) is 7.11 Å². The van der Waals surface area contributed by atoms with Gasteiger partial charge in [-0.1, -0.05) is 0 Å². The summed E-state index contributed by atoms with van der Waals surface area (Å²) in [6.07, 6.45) is 1.74. The quantitative estimate of drug-likeness (QED) is 0.734. The Morgan fingerprint density at radius 3 is 3.00 bits per heavy atom. The van der Waals surface area contributed by atoms with E-state index >= 15 is 0 Å². The van der Waals surface area contributed by atoms with Crippen molar-refractivity contribution in [3.8, 4) is 5.75 Å². The molecule has 1 rings (SSSR count). The van der Waals surface area contributed by atoms with Crippen molar-refractivity contribution < 1.29 is 4.74 Å². The van der Waals surface area contributed by atoms with Crippen LogP contribution in [-0.4, -0.2) is 32.2 Å². The van der Waals surface area contributed by atoms with Gasteiger partial charge >= 0.3 is 0 Å². The summed E-state index contributed by atoms with van der Waals surface area (Å²) in [5.41, 5.74) is 5.45. The van der Waals surface area contributed by atoms with Crippen molar-refractivity contribution >= 4 is 5.82 Å². The number of hydrogen-bond donors (Lipinski definition) is 1. The molecule has 1 heterocycles. The summed E-state index contributed by atoms with van der Waals surface area (Å²) in [7, 11) is 3.58. The Morgan fingerprint density at radius 2 is 2.38 bits per heavy atom. The van der Waals surface area contributed by atoms with Crippen LogP contribution in [0.1, 0.15) is 0 Å². The largest absolute Gasteiger partial charge is 0.493 e. The first-order valence-electron chi connectivity index (χ1n) is 4.19. The minimum absolute atomic E-state index is 0.607. The van der Waals surface area contributed by atoms with Crippen LogP contribution in [-0.2, 0) is 0 Å². The second-order valence-electron chi connectivity index (χ2n) is 2.74. The average molecular weight is 181 g/mol. The van der Waals surface area contributed by atoms with Crippen LogP contribution in [0.25, 0.3) is 0 Å². The van der Waals surface area contributed by atoms with Crippen LogP contribution < -0.4 is 15.4 Å². The number of aromatic nitrogens is 1. The second-order valence-corrected chi connectivity index (χ2v) is 2.74. The average Bonchev–Trinajstić information content (AvgIpc) is 2.18. The lowest BCUT2D eigenvalue weighted by Crippen LogP contribution is -2.26. The number of nitrogens with zero attached hydrogens (tertiary/aromatic N) is 2. The highest BCUT2D eigenvalue weighted by Gasteiger charge is 2.06. The molecule has 13 heavy (non-hydrogen) atoms. The fourth-order valence-electron chi connectivity index (χ4n) is 1.13. The molecule has 0 saturated heterocycles. The molecule has 0 bridgehead atoms. The van der Waals surface area contributed by atoms with Crippen LogP contribution in [0, 0.1) is 0 Å². The molecule has 0 radical (unpaired) electrons. The minimum Gasteiger partial charge on any atom is -0.493 e. The zero-order valence-electron chi connectivity index (χ0n) is 8.03. The van der Waals surface area contributed by atoms with Crippen molar-refractivity contribution in [3.63, 3.8) is 0 Å². The molecule has 0 spiro atoms. The summed E-state index contributed by atoms with van der Waals surface area (Å²) < 4.78 is 5.17. The van der Waals surface area contributed by atoms with Gasteiger partial charge < -0.3 is 15.4 Å². The highest BCUT2D eigenvalue weighted by molar-refractivity contribution is 5.51. The molecule has 1 aromatic rings. The first kappa shape index (κ1) is 9.80. The van der Waals surface area contributed by atoms with E-state index in [0.29, 0.717) is 6.54 Å². The molecular weight excluding hydrogens is 166 g/mol. The number of rotatable bonds is 4. The van der Waals surface area contributed by atoms with Gasteiger partial charge in [-0.3, -0.25) is 0 Å². The number of anilines is 1. The molecule has 0 aliphatic heterocycles. The molecule has 0 amide bonds. The van der Waals surface area contributed by atoms with E-state index < -0.39 is 0 Å². The molecule has 4 heteroatoms. The molecule has 0 saturated carbocycles. The van der Waals surface area contributed by atoms with Gasteiger partial charge in [0.15, 0.2) is 11.6 Å². The lowest BCUT2D eigenvalue weighted by molar-refractivity contribution is 0.413. The van der Waals surface area contributed by atoms with E-state index in [-0.39, 0.29) is 0 Å². The summed E-state index contributed by atoms with van der Waals surface area (Å²) in [6, 6.07) is 3.73. The van der Waals surface area contributed by atoms with Crippen molar-refractivity contribution in [2.75, 3.05) is 32.1 Å². The van der Waals surface area contributed by atoms with Gasteiger partial charge in [-0.05, 0) is 12.1 Å². The predicted molar refractivity (Wildman–Crippen MR) is 53.1 cm³/mol. The monoisotopic (exact) mass is 181 g/mol. The van der Waals surface area contributed by atoms with Crippen molar-refractivity contribution in [1.82, 2.24) is 4.98 Å². The van der Waals surface area contributed by atoms with E-state index in [9.17, 15) is 0 Å². The Morgan fingerprint density at radius 1 is 1.62 bits per heavy atom. The predicted octanol–water partition coefficient (Wildman–Crippen LogP) is 0.485.